The maximum absolute atomic E-state index is 5.93. The largest absolute Gasteiger partial charge is 0.457 e. The van der Waals surface area contributed by atoms with Crippen molar-refractivity contribution in [3.63, 3.8) is 0 Å². The average molecular weight is 224 g/mol. The van der Waals surface area contributed by atoms with Crippen LogP contribution in [0.1, 0.15) is 12.5 Å². The van der Waals surface area contributed by atoms with Crippen LogP contribution in [0, 0.1) is 17.8 Å². The number of fused-ring (bicyclic) bond motifs is 1. The summed E-state index contributed by atoms with van der Waals surface area (Å²) in [5.74, 6) is 4.06. The Morgan fingerprint density at radius 3 is 2.82 bits per heavy atom. The maximum atomic E-state index is 5.93. The Labute approximate surface area is 102 Å². The lowest BCUT2D eigenvalue weighted by Gasteiger charge is -2.11. The fourth-order valence-corrected chi connectivity index (χ4v) is 2.48. The molecule has 1 aromatic carbocycles. The third-order valence-corrected chi connectivity index (χ3v) is 3.72. The summed E-state index contributed by atoms with van der Waals surface area (Å²) in [5.41, 5.74) is 1.03. The molecule has 0 radical (unpaired) electrons. The topological polar surface area (TPSA) is 9.23 Å². The molecule has 2 aliphatic rings. The lowest BCUT2D eigenvalue weighted by molar-refractivity contribution is 0.437. The van der Waals surface area contributed by atoms with Gasteiger partial charge < -0.3 is 4.74 Å². The molecule has 0 spiro atoms. The molecule has 0 heterocycles. The summed E-state index contributed by atoms with van der Waals surface area (Å²) in [6.45, 7) is 6.09. The van der Waals surface area contributed by atoms with Crippen LogP contribution in [0.25, 0.3) is 6.08 Å². The van der Waals surface area contributed by atoms with Crippen LogP contribution in [0.15, 0.2) is 54.8 Å². The molecule has 0 aliphatic heterocycles. The summed E-state index contributed by atoms with van der Waals surface area (Å²) in [6.07, 6.45) is 8.42. The first kappa shape index (κ1) is 10.4. The van der Waals surface area contributed by atoms with E-state index in [-0.39, 0.29) is 0 Å². The Balaban J connectivity index is 1.82. The number of benzene rings is 1. The standard InChI is InChI=1S/C16H16O/c1-3-12-6-4-5-7-16(12)17-13-8-9-14-11(2)15(14)10-13/h3-11,14-15H,1H2,2H3. The van der Waals surface area contributed by atoms with Gasteiger partial charge in [0.2, 0.25) is 0 Å². The third-order valence-electron chi connectivity index (χ3n) is 3.72. The highest BCUT2D eigenvalue weighted by molar-refractivity contribution is 5.56. The van der Waals surface area contributed by atoms with Crippen LogP contribution >= 0.6 is 0 Å². The molecule has 0 N–H and O–H groups in total. The highest BCUT2D eigenvalue weighted by atomic mass is 16.5. The molecule has 17 heavy (non-hydrogen) atoms. The van der Waals surface area contributed by atoms with Gasteiger partial charge in [-0.2, -0.15) is 0 Å². The van der Waals surface area contributed by atoms with E-state index in [0.717, 1.165) is 28.9 Å². The van der Waals surface area contributed by atoms with E-state index in [4.69, 9.17) is 4.74 Å². The quantitative estimate of drug-likeness (QED) is 0.752. The summed E-state index contributed by atoms with van der Waals surface area (Å²) in [7, 11) is 0. The summed E-state index contributed by atoms with van der Waals surface area (Å²) in [5, 5.41) is 0. The number of para-hydroxylation sites is 1. The van der Waals surface area contributed by atoms with Gasteiger partial charge in [0.05, 0.1) is 0 Å². The lowest BCUT2D eigenvalue weighted by Crippen LogP contribution is -1.97. The number of allylic oxidation sites excluding steroid dienone is 3. The van der Waals surface area contributed by atoms with Crippen LogP contribution in [0.4, 0.5) is 0 Å². The maximum Gasteiger partial charge on any atom is 0.134 e. The minimum absolute atomic E-state index is 0.686. The first-order valence-electron chi connectivity index (χ1n) is 6.09. The van der Waals surface area contributed by atoms with E-state index in [1.54, 1.807) is 0 Å². The van der Waals surface area contributed by atoms with Crippen molar-refractivity contribution in [2.75, 3.05) is 0 Å². The molecule has 1 fully saturated rings. The first-order chi connectivity index (χ1) is 8.29. The van der Waals surface area contributed by atoms with Crippen LogP contribution in [0.2, 0.25) is 0 Å². The van der Waals surface area contributed by atoms with Crippen molar-refractivity contribution < 1.29 is 4.74 Å². The average Bonchev–Trinajstić information content (AvgIpc) is 3.01. The number of ether oxygens (including phenoxy) is 1. The molecule has 3 rings (SSSR count). The fourth-order valence-electron chi connectivity index (χ4n) is 2.48. The predicted octanol–water partition coefficient (Wildman–Crippen LogP) is 4.04. The van der Waals surface area contributed by atoms with E-state index in [0.29, 0.717) is 5.92 Å². The second kappa shape index (κ2) is 3.92. The van der Waals surface area contributed by atoms with Crippen molar-refractivity contribution in [1.29, 1.82) is 0 Å². The summed E-state index contributed by atoms with van der Waals surface area (Å²) in [6, 6.07) is 7.97. The molecule has 0 bridgehead atoms. The van der Waals surface area contributed by atoms with Crippen LogP contribution in [0.5, 0.6) is 5.75 Å². The minimum atomic E-state index is 0.686. The zero-order chi connectivity index (χ0) is 11.8. The summed E-state index contributed by atoms with van der Waals surface area (Å²) >= 11 is 0. The first-order valence-corrected chi connectivity index (χ1v) is 6.09. The molecule has 3 atom stereocenters. The summed E-state index contributed by atoms with van der Waals surface area (Å²) < 4.78 is 5.93. The normalized spacial score (nSPS) is 29.2. The van der Waals surface area contributed by atoms with Gasteiger partial charge in [-0.15, -0.1) is 0 Å². The van der Waals surface area contributed by atoms with Crippen LogP contribution < -0.4 is 4.74 Å². The SMILES string of the molecule is C=Cc1ccccc1OC1=CC2C(C)C2C=C1. The van der Waals surface area contributed by atoms with E-state index < -0.39 is 0 Å². The van der Waals surface area contributed by atoms with Gasteiger partial charge in [-0.25, -0.2) is 0 Å². The van der Waals surface area contributed by atoms with Gasteiger partial charge in [-0.3, -0.25) is 0 Å². The molecule has 3 unspecified atom stereocenters. The van der Waals surface area contributed by atoms with E-state index >= 15 is 0 Å². The Hall–Kier alpha value is -1.76. The highest BCUT2D eigenvalue weighted by Gasteiger charge is 2.44. The van der Waals surface area contributed by atoms with Crippen molar-refractivity contribution in [3.05, 3.63) is 60.4 Å². The molecule has 0 saturated heterocycles. The smallest absolute Gasteiger partial charge is 0.134 e. The van der Waals surface area contributed by atoms with Gasteiger partial charge in [-0.05, 0) is 36.0 Å². The van der Waals surface area contributed by atoms with Gasteiger partial charge in [0.1, 0.15) is 11.5 Å². The molecule has 1 nitrogen and oxygen atoms in total. The molecule has 0 amide bonds. The monoisotopic (exact) mass is 224 g/mol. The highest BCUT2D eigenvalue weighted by Crippen LogP contribution is 2.50. The molecule has 2 aliphatic carbocycles. The molecule has 1 heteroatoms. The molecule has 86 valence electrons. The molecule has 0 aromatic heterocycles. The summed E-state index contributed by atoms with van der Waals surface area (Å²) in [4.78, 5) is 0. The van der Waals surface area contributed by atoms with Crippen molar-refractivity contribution >= 4 is 6.08 Å². The second-order valence-electron chi connectivity index (χ2n) is 4.79. The van der Waals surface area contributed by atoms with Gasteiger partial charge in [0.25, 0.3) is 0 Å². The van der Waals surface area contributed by atoms with Crippen molar-refractivity contribution in [1.82, 2.24) is 0 Å². The van der Waals surface area contributed by atoms with Gasteiger partial charge >= 0.3 is 0 Å². The van der Waals surface area contributed by atoms with Crippen molar-refractivity contribution in [3.8, 4) is 5.75 Å². The molecule has 1 aromatic rings. The van der Waals surface area contributed by atoms with E-state index in [1.807, 2.05) is 30.3 Å². The molecular weight excluding hydrogens is 208 g/mol. The molecular formula is C16H16O. The number of hydrogen-bond acceptors (Lipinski definition) is 1. The van der Waals surface area contributed by atoms with Gasteiger partial charge in [0, 0.05) is 5.56 Å². The van der Waals surface area contributed by atoms with Crippen LogP contribution in [-0.2, 0) is 0 Å². The van der Waals surface area contributed by atoms with Crippen molar-refractivity contribution in [2.45, 2.75) is 6.92 Å². The lowest BCUT2D eigenvalue weighted by atomic mass is 10.1. The second-order valence-corrected chi connectivity index (χ2v) is 4.79. The zero-order valence-electron chi connectivity index (χ0n) is 9.97. The third kappa shape index (κ3) is 1.82. The zero-order valence-corrected chi connectivity index (χ0v) is 9.97. The fraction of sp³-hybridized carbons (Fsp3) is 0.250. The predicted molar refractivity (Wildman–Crippen MR) is 70.5 cm³/mol. The van der Waals surface area contributed by atoms with E-state index in [9.17, 15) is 0 Å². The number of hydrogen-bond donors (Lipinski definition) is 0. The van der Waals surface area contributed by atoms with Crippen LogP contribution in [-0.4, -0.2) is 0 Å². The molecule has 1 saturated carbocycles. The van der Waals surface area contributed by atoms with Crippen molar-refractivity contribution in [2.24, 2.45) is 17.8 Å². The Kier molecular flexibility index (Phi) is 2.40. The van der Waals surface area contributed by atoms with E-state index in [2.05, 4.69) is 31.7 Å². The van der Waals surface area contributed by atoms with Gasteiger partial charge in [0.15, 0.2) is 0 Å². The van der Waals surface area contributed by atoms with E-state index in [1.165, 1.54) is 0 Å². The Morgan fingerprint density at radius 2 is 2.06 bits per heavy atom. The Morgan fingerprint density at radius 1 is 1.24 bits per heavy atom. The Bertz CT molecular complexity index is 510. The van der Waals surface area contributed by atoms with Crippen LogP contribution in [0.3, 0.4) is 0 Å². The van der Waals surface area contributed by atoms with Gasteiger partial charge in [-0.1, -0.05) is 43.9 Å². The minimum Gasteiger partial charge on any atom is -0.457 e. The number of rotatable bonds is 3.